The highest BCUT2D eigenvalue weighted by atomic mass is 32.2. The summed E-state index contributed by atoms with van der Waals surface area (Å²) in [5, 5.41) is 12.2. The van der Waals surface area contributed by atoms with Crippen LogP contribution < -0.4 is 19.7 Å². The number of ether oxygens (including phenoxy) is 2. The Kier molecular flexibility index (Phi) is 7.10. The third kappa shape index (κ3) is 5.38. The molecule has 2 aliphatic rings. The number of anilines is 2. The highest BCUT2D eigenvalue weighted by Gasteiger charge is 2.27. The van der Waals surface area contributed by atoms with Gasteiger partial charge in [0.15, 0.2) is 28.6 Å². The Hall–Kier alpha value is -3.24. The highest BCUT2D eigenvalue weighted by Crippen LogP contribution is 2.35. The molecule has 10 heteroatoms. The summed E-state index contributed by atoms with van der Waals surface area (Å²) < 4.78 is 13.7. The van der Waals surface area contributed by atoms with Gasteiger partial charge in [-0.15, -0.1) is 10.2 Å². The van der Waals surface area contributed by atoms with Crippen molar-refractivity contribution < 1.29 is 14.3 Å². The number of benzene rings is 2. The van der Waals surface area contributed by atoms with Gasteiger partial charge in [-0.1, -0.05) is 30.8 Å². The number of nitrogens with one attached hydrogen (secondary N) is 1. The number of carbonyl (C=O) groups excluding carboxylic acids is 1. The Morgan fingerprint density at radius 1 is 1.06 bits per heavy atom. The lowest BCUT2D eigenvalue weighted by molar-refractivity contribution is -0.113. The molecule has 2 aliphatic heterocycles. The number of fused-ring (bicyclic) bond motifs is 1. The van der Waals surface area contributed by atoms with Gasteiger partial charge in [0, 0.05) is 44.6 Å². The molecule has 1 atom stereocenters. The Balaban J connectivity index is 1.13. The zero-order valence-corrected chi connectivity index (χ0v) is 20.8. The molecule has 5 rings (SSSR count). The van der Waals surface area contributed by atoms with Crippen LogP contribution in [0.2, 0.25) is 0 Å². The van der Waals surface area contributed by atoms with E-state index in [-0.39, 0.29) is 17.8 Å². The van der Waals surface area contributed by atoms with Gasteiger partial charge in [0.2, 0.25) is 5.91 Å². The van der Waals surface area contributed by atoms with E-state index in [4.69, 9.17) is 9.47 Å². The molecule has 3 aromatic rings. The molecule has 1 fully saturated rings. The Bertz CT molecular complexity index is 1160. The average Bonchev–Trinajstić information content (AvgIpc) is 3.27. The Morgan fingerprint density at radius 2 is 1.80 bits per heavy atom. The minimum atomic E-state index is -0.353. The van der Waals surface area contributed by atoms with E-state index < -0.39 is 0 Å². The van der Waals surface area contributed by atoms with Crippen LogP contribution in [0.1, 0.15) is 18.9 Å². The molecule has 0 aliphatic carbocycles. The fourth-order valence-electron chi connectivity index (χ4n) is 4.28. The third-order valence-corrected chi connectivity index (χ3v) is 7.35. The lowest BCUT2D eigenvalue weighted by Crippen LogP contribution is -2.46. The number of hydrogen-bond donors (Lipinski definition) is 1. The first-order chi connectivity index (χ1) is 17.1. The lowest BCUT2D eigenvalue weighted by Gasteiger charge is -2.35. The lowest BCUT2D eigenvalue weighted by atomic mass is 10.2. The number of para-hydroxylation sites is 2. The summed E-state index contributed by atoms with van der Waals surface area (Å²) in [5.41, 5.74) is 1.98. The van der Waals surface area contributed by atoms with Crippen LogP contribution in [-0.4, -0.2) is 70.7 Å². The molecule has 1 unspecified atom stereocenters. The normalized spacial score (nSPS) is 17.9. The predicted molar refractivity (Wildman–Crippen MR) is 136 cm³/mol. The monoisotopic (exact) mass is 494 g/mol. The first-order valence-electron chi connectivity index (χ1n) is 11.9. The summed E-state index contributed by atoms with van der Waals surface area (Å²) in [6, 6.07) is 15.6. The van der Waals surface area contributed by atoms with Gasteiger partial charge in [-0.25, -0.2) is 0 Å². The van der Waals surface area contributed by atoms with Crippen LogP contribution in [0.5, 0.6) is 11.5 Å². The Labute approximate surface area is 209 Å². The number of rotatable bonds is 7. The number of amides is 1. The molecular formula is C25H30N6O3S. The van der Waals surface area contributed by atoms with E-state index in [0.29, 0.717) is 23.3 Å². The molecule has 9 nitrogen and oxygen atoms in total. The van der Waals surface area contributed by atoms with Crippen molar-refractivity contribution in [3.63, 3.8) is 0 Å². The van der Waals surface area contributed by atoms with E-state index in [0.717, 1.165) is 44.2 Å². The van der Waals surface area contributed by atoms with Crippen LogP contribution in [0.25, 0.3) is 0 Å². The zero-order chi connectivity index (χ0) is 24.2. The van der Waals surface area contributed by atoms with Crippen molar-refractivity contribution >= 4 is 29.0 Å². The van der Waals surface area contributed by atoms with Crippen molar-refractivity contribution in [3.8, 4) is 11.5 Å². The summed E-state index contributed by atoms with van der Waals surface area (Å²) in [5.74, 6) is 2.23. The van der Waals surface area contributed by atoms with E-state index >= 15 is 0 Å². The summed E-state index contributed by atoms with van der Waals surface area (Å²) in [6.07, 6.45) is -0.353. The summed E-state index contributed by atoms with van der Waals surface area (Å²) >= 11 is 1.34. The number of piperazine rings is 1. The van der Waals surface area contributed by atoms with E-state index in [1.165, 1.54) is 17.4 Å². The number of likely N-dealkylation sites (N-methyl/N-ethyl adjacent to an activating group) is 1. The molecule has 1 N–H and O–H groups in total. The first-order valence-corrected chi connectivity index (χ1v) is 12.9. The van der Waals surface area contributed by atoms with Gasteiger partial charge in [0.05, 0.1) is 5.75 Å². The second-order valence-electron chi connectivity index (χ2n) is 8.57. The summed E-state index contributed by atoms with van der Waals surface area (Å²) in [7, 11) is 1.87. The van der Waals surface area contributed by atoms with Gasteiger partial charge in [-0.3, -0.25) is 4.79 Å². The summed E-state index contributed by atoms with van der Waals surface area (Å²) in [4.78, 5) is 17.4. The first kappa shape index (κ1) is 23.5. The molecule has 1 saturated heterocycles. The molecular weight excluding hydrogens is 464 g/mol. The molecule has 2 aromatic carbocycles. The second kappa shape index (κ2) is 10.6. The maximum absolute atomic E-state index is 12.5. The maximum Gasteiger partial charge on any atom is 0.234 e. The number of thioether (sulfide) groups is 1. The molecule has 0 spiro atoms. The standard InChI is InChI=1S/C25H30N6O3S/c1-3-30-12-14-31(15-13-30)19-10-8-18(9-11-19)26-23(32)17-35-25-28-27-24(29(25)2)22-16-33-20-6-4-5-7-21(20)34-22/h4-11,22H,3,12-17H2,1-2H3,(H,26,32). The van der Waals surface area contributed by atoms with Gasteiger partial charge in [-0.05, 0) is 42.9 Å². The molecule has 1 aromatic heterocycles. The zero-order valence-electron chi connectivity index (χ0n) is 20.0. The van der Waals surface area contributed by atoms with Gasteiger partial charge in [0.25, 0.3) is 0 Å². The van der Waals surface area contributed by atoms with Crippen molar-refractivity contribution in [2.45, 2.75) is 18.2 Å². The van der Waals surface area contributed by atoms with Crippen molar-refractivity contribution in [3.05, 3.63) is 54.4 Å². The average molecular weight is 495 g/mol. The predicted octanol–water partition coefficient (Wildman–Crippen LogP) is 3.20. The number of carbonyl (C=O) groups is 1. The van der Waals surface area contributed by atoms with E-state index in [9.17, 15) is 4.79 Å². The maximum atomic E-state index is 12.5. The van der Waals surface area contributed by atoms with Gasteiger partial charge in [-0.2, -0.15) is 0 Å². The van der Waals surface area contributed by atoms with Crippen LogP contribution in [-0.2, 0) is 11.8 Å². The number of nitrogens with zero attached hydrogens (tertiary/aromatic N) is 5. The van der Waals surface area contributed by atoms with Crippen molar-refractivity contribution in [1.82, 2.24) is 19.7 Å². The molecule has 1 amide bonds. The Morgan fingerprint density at radius 3 is 2.54 bits per heavy atom. The fourth-order valence-corrected chi connectivity index (χ4v) is 5.00. The van der Waals surface area contributed by atoms with Crippen molar-refractivity contribution in [2.24, 2.45) is 7.05 Å². The summed E-state index contributed by atoms with van der Waals surface area (Å²) in [6.45, 7) is 7.89. The molecule has 0 radical (unpaired) electrons. The van der Waals surface area contributed by atoms with Gasteiger partial charge in [0.1, 0.15) is 6.61 Å². The quantitative estimate of drug-likeness (QED) is 0.502. The van der Waals surface area contributed by atoms with Gasteiger partial charge >= 0.3 is 0 Å². The third-order valence-electron chi connectivity index (χ3n) is 6.33. The SMILES string of the molecule is CCN1CCN(c2ccc(NC(=O)CSc3nnc(C4COc5ccccc5O4)n3C)cc2)CC1. The smallest absolute Gasteiger partial charge is 0.234 e. The molecule has 35 heavy (non-hydrogen) atoms. The van der Waals surface area contributed by atoms with E-state index in [1.807, 2.05) is 48.0 Å². The molecule has 184 valence electrons. The number of hydrogen-bond acceptors (Lipinski definition) is 8. The van der Waals surface area contributed by atoms with E-state index in [1.54, 1.807) is 0 Å². The van der Waals surface area contributed by atoms with Crippen LogP contribution in [0, 0.1) is 0 Å². The largest absolute Gasteiger partial charge is 0.485 e. The van der Waals surface area contributed by atoms with Crippen molar-refractivity contribution in [1.29, 1.82) is 0 Å². The van der Waals surface area contributed by atoms with Crippen LogP contribution in [0.3, 0.4) is 0 Å². The van der Waals surface area contributed by atoms with Crippen LogP contribution in [0.15, 0.2) is 53.7 Å². The van der Waals surface area contributed by atoms with Crippen molar-refractivity contribution in [2.75, 3.05) is 55.3 Å². The number of aromatic nitrogens is 3. The molecule has 0 bridgehead atoms. The topological polar surface area (TPSA) is 84.8 Å². The van der Waals surface area contributed by atoms with E-state index in [2.05, 4.69) is 44.4 Å². The second-order valence-corrected chi connectivity index (χ2v) is 9.51. The van der Waals surface area contributed by atoms with Gasteiger partial charge < -0.3 is 29.2 Å². The minimum Gasteiger partial charge on any atom is -0.485 e. The van der Waals surface area contributed by atoms with Crippen LogP contribution >= 0.6 is 11.8 Å². The highest BCUT2D eigenvalue weighted by molar-refractivity contribution is 7.99. The molecule has 3 heterocycles. The fraction of sp³-hybridized carbons (Fsp3) is 0.400. The molecule has 0 saturated carbocycles. The van der Waals surface area contributed by atoms with Crippen LogP contribution in [0.4, 0.5) is 11.4 Å². The minimum absolute atomic E-state index is 0.0879.